The minimum Gasteiger partial charge on any atom is -0.305 e. The largest absolute Gasteiger partial charge is 0.305 e. The van der Waals surface area contributed by atoms with Crippen molar-refractivity contribution in [3.8, 4) is 0 Å². The quantitative estimate of drug-likeness (QED) is 0.780. The molecule has 2 aromatic heterocycles. The van der Waals surface area contributed by atoms with Crippen LogP contribution in [0.5, 0.6) is 0 Å². The Morgan fingerprint density at radius 3 is 2.79 bits per heavy atom. The van der Waals surface area contributed by atoms with E-state index in [9.17, 15) is 0 Å². The lowest BCUT2D eigenvalue weighted by Gasteiger charge is -2.01. The van der Waals surface area contributed by atoms with Crippen molar-refractivity contribution in [2.24, 2.45) is 0 Å². The van der Waals surface area contributed by atoms with Crippen LogP contribution in [0.4, 0.5) is 0 Å². The van der Waals surface area contributed by atoms with Gasteiger partial charge in [-0.2, -0.15) is 0 Å². The van der Waals surface area contributed by atoms with E-state index in [-0.39, 0.29) is 12.4 Å². The van der Waals surface area contributed by atoms with E-state index < -0.39 is 0 Å². The molecule has 2 rings (SSSR count). The lowest BCUT2D eigenvalue weighted by atomic mass is 10.2. The Kier molecular flexibility index (Phi) is 3.56. The molecule has 4 heteroatoms. The fourth-order valence-corrected chi connectivity index (χ4v) is 2.01. The van der Waals surface area contributed by atoms with Gasteiger partial charge in [0.1, 0.15) is 5.65 Å². The van der Waals surface area contributed by atoms with E-state index in [1.807, 2.05) is 19.3 Å². The Morgan fingerprint density at radius 1 is 1.43 bits per heavy atom. The number of halogens is 2. The van der Waals surface area contributed by atoms with E-state index >= 15 is 0 Å². The van der Waals surface area contributed by atoms with Crippen molar-refractivity contribution in [3.05, 3.63) is 34.2 Å². The van der Waals surface area contributed by atoms with Gasteiger partial charge in [0.05, 0.1) is 5.69 Å². The molecule has 0 radical (unpaired) electrons. The molecule has 14 heavy (non-hydrogen) atoms. The Morgan fingerprint density at radius 2 is 2.14 bits per heavy atom. The summed E-state index contributed by atoms with van der Waals surface area (Å²) in [5.41, 5.74) is 3.42. The van der Waals surface area contributed by atoms with E-state index in [2.05, 4.69) is 38.3 Å². The smallest absolute Gasteiger partial charge is 0.140 e. The molecule has 0 N–H and O–H groups in total. The molecule has 0 aliphatic rings. The maximum atomic E-state index is 4.47. The average Bonchev–Trinajstić information content (AvgIpc) is 2.43. The molecule has 0 saturated carbocycles. The molecule has 2 aromatic rings. The molecule has 2 heterocycles. The summed E-state index contributed by atoms with van der Waals surface area (Å²) in [5.74, 6) is 0. The van der Waals surface area contributed by atoms with Gasteiger partial charge >= 0.3 is 0 Å². The summed E-state index contributed by atoms with van der Waals surface area (Å²) in [6, 6.07) is 2.13. The minimum atomic E-state index is 0. The van der Waals surface area contributed by atoms with E-state index in [1.165, 1.54) is 5.56 Å². The van der Waals surface area contributed by atoms with Crippen LogP contribution in [-0.4, -0.2) is 9.38 Å². The lowest BCUT2D eigenvalue weighted by Crippen LogP contribution is -1.90. The van der Waals surface area contributed by atoms with Crippen molar-refractivity contribution in [1.29, 1.82) is 0 Å². The number of pyridine rings is 1. The Balaban J connectivity index is 0.000000980. The molecule has 0 unspecified atom stereocenters. The summed E-state index contributed by atoms with van der Waals surface area (Å²) in [4.78, 5) is 4.47. The first-order valence-corrected chi connectivity index (χ1v) is 5.13. The number of hydrogen-bond donors (Lipinski definition) is 0. The zero-order chi connectivity index (χ0) is 9.42. The number of nitrogens with zero attached hydrogens (tertiary/aromatic N) is 2. The highest BCUT2D eigenvalue weighted by molar-refractivity contribution is 9.10. The van der Waals surface area contributed by atoms with E-state index in [1.54, 1.807) is 0 Å². The Labute approximate surface area is 97.9 Å². The predicted octanol–water partition coefficient (Wildman–Crippen LogP) is 3.39. The third-order valence-electron chi connectivity index (χ3n) is 2.10. The molecule has 0 fully saturated rings. The van der Waals surface area contributed by atoms with Gasteiger partial charge in [-0.1, -0.05) is 6.92 Å². The molecule has 0 aliphatic heterocycles. The van der Waals surface area contributed by atoms with Crippen molar-refractivity contribution in [2.45, 2.75) is 20.3 Å². The van der Waals surface area contributed by atoms with Gasteiger partial charge in [-0.3, -0.25) is 0 Å². The summed E-state index contributed by atoms with van der Waals surface area (Å²) in [7, 11) is 0. The van der Waals surface area contributed by atoms with Gasteiger partial charge in [0.2, 0.25) is 0 Å². The number of aromatic nitrogens is 2. The monoisotopic (exact) mass is 274 g/mol. The third kappa shape index (κ3) is 1.93. The predicted molar refractivity (Wildman–Crippen MR) is 64.3 cm³/mol. The molecule has 0 atom stereocenters. The van der Waals surface area contributed by atoms with Gasteiger partial charge in [0.25, 0.3) is 0 Å². The molecule has 0 aliphatic carbocycles. The van der Waals surface area contributed by atoms with Crippen LogP contribution in [0.3, 0.4) is 0 Å². The van der Waals surface area contributed by atoms with Crippen LogP contribution in [0, 0.1) is 6.92 Å². The minimum absolute atomic E-state index is 0. The fraction of sp³-hybridized carbons (Fsp3) is 0.300. The van der Waals surface area contributed by atoms with Gasteiger partial charge in [-0.15, -0.1) is 12.4 Å². The van der Waals surface area contributed by atoms with Crippen LogP contribution < -0.4 is 0 Å². The van der Waals surface area contributed by atoms with Crippen LogP contribution in [0.2, 0.25) is 0 Å². The maximum Gasteiger partial charge on any atom is 0.140 e. The Bertz CT molecular complexity index is 451. The lowest BCUT2D eigenvalue weighted by molar-refractivity contribution is 1.08. The molecule has 76 valence electrons. The molecule has 0 aromatic carbocycles. The van der Waals surface area contributed by atoms with Crippen LogP contribution in [0.15, 0.2) is 22.9 Å². The van der Waals surface area contributed by atoms with Crippen molar-refractivity contribution < 1.29 is 0 Å². The molecule has 0 saturated heterocycles. The van der Waals surface area contributed by atoms with Crippen LogP contribution in [0.25, 0.3) is 5.65 Å². The van der Waals surface area contributed by atoms with Crippen LogP contribution >= 0.6 is 28.3 Å². The van der Waals surface area contributed by atoms with E-state index in [4.69, 9.17) is 0 Å². The van der Waals surface area contributed by atoms with E-state index in [0.717, 1.165) is 22.2 Å². The second-order valence-corrected chi connectivity index (χ2v) is 4.07. The van der Waals surface area contributed by atoms with Crippen LogP contribution in [-0.2, 0) is 6.42 Å². The second-order valence-electron chi connectivity index (χ2n) is 3.15. The molecule has 0 spiro atoms. The van der Waals surface area contributed by atoms with Crippen molar-refractivity contribution in [1.82, 2.24) is 9.38 Å². The van der Waals surface area contributed by atoms with Gasteiger partial charge in [0, 0.05) is 16.9 Å². The van der Waals surface area contributed by atoms with Gasteiger partial charge in [0.15, 0.2) is 0 Å². The molecular weight excluding hydrogens is 263 g/mol. The molecular formula is C10H12BrClN2. The number of rotatable bonds is 1. The topological polar surface area (TPSA) is 17.3 Å². The van der Waals surface area contributed by atoms with Crippen molar-refractivity contribution in [2.75, 3.05) is 0 Å². The first-order valence-electron chi connectivity index (χ1n) is 4.34. The SMILES string of the molecule is CCc1cc(Br)cn2cc(C)nc12.Cl. The number of fused-ring (bicyclic) bond motifs is 1. The average molecular weight is 276 g/mol. The summed E-state index contributed by atoms with van der Waals surface area (Å²) in [5, 5.41) is 0. The molecule has 0 bridgehead atoms. The second kappa shape index (κ2) is 4.32. The van der Waals surface area contributed by atoms with Crippen molar-refractivity contribution >= 4 is 34.0 Å². The van der Waals surface area contributed by atoms with Gasteiger partial charge in [-0.25, -0.2) is 4.98 Å². The highest BCUT2D eigenvalue weighted by atomic mass is 79.9. The standard InChI is InChI=1S/C10H11BrN2.ClH/c1-3-8-4-9(11)6-13-5-7(2)12-10(8)13;/h4-6H,3H2,1-2H3;1H. The maximum absolute atomic E-state index is 4.47. The van der Waals surface area contributed by atoms with Gasteiger partial charge < -0.3 is 4.40 Å². The van der Waals surface area contributed by atoms with Gasteiger partial charge in [-0.05, 0) is 40.9 Å². The number of aryl methyl sites for hydroxylation is 2. The van der Waals surface area contributed by atoms with E-state index in [0.29, 0.717) is 0 Å². The Hall–Kier alpha value is -0.540. The summed E-state index contributed by atoms with van der Waals surface area (Å²) >= 11 is 3.48. The van der Waals surface area contributed by atoms with Crippen LogP contribution in [0.1, 0.15) is 18.2 Å². The summed E-state index contributed by atoms with van der Waals surface area (Å²) in [6.45, 7) is 4.16. The normalized spacial score (nSPS) is 10.2. The summed E-state index contributed by atoms with van der Waals surface area (Å²) in [6.07, 6.45) is 5.09. The first kappa shape index (κ1) is 11.5. The highest BCUT2D eigenvalue weighted by Gasteiger charge is 2.03. The first-order chi connectivity index (χ1) is 6.20. The molecule has 0 amide bonds. The zero-order valence-electron chi connectivity index (χ0n) is 8.12. The number of imidazole rings is 1. The zero-order valence-corrected chi connectivity index (χ0v) is 10.5. The number of hydrogen-bond acceptors (Lipinski definition) is 1. The third-order valence-corrected chi connectivity index (χ3v) is 2.53. The van der Waals surface area contributed by atoms with Crippen molar-refractivity contribution in [3.63, 3.8) is 0 Å². The molecule has 2 nitrogen and oxygen atoms in total. The fourth-order valence-electron chi connectivity index (χ4n) is 1.51. The summed E-state index contributed by atoms with van der Waals surface area (Å²) < 4.78 is 3.17. The highest BCUT2D eigenvalue weighted by Crippen LogP contribution is 2.18.